The number of thiophene rings is 1. The number of amides is 1. The van der Waals surface area contributed by atoms with Crippen molar-refractivity contribution in [2.75, 3.05) is 0 Å². The van der Waals surface area contributed by atoms with Crippen LogP contribution in [0.2, 0.25) is 0 Å². The molecule has 0 aliphatic heterocycles. The van der Waals surface area contributed by atoms with Crippen LogP contribution in [0.5, 0.6) is 0 Å². The number of aliphatic carboxylic acids is 1. The Morgan fingerprint density at radius 1 is 1.42 bits per heavy atom. The number of carboxylic acids is 1. The first-order valence-electron chi connectivity index (χ1n) is 5.10. The Hall–Kier alpha value is -2.42. The predicted octanol–water partition coefficient (Wildman–Crippen LogP) is -0.757. The van der Waals surface area contributed by atoms with Crippen LogP contribution in [-0.2, 0) is 11.3 Å². The average molecular weight is 283 g/mol. The normalized spacial score (nSPS) is 10.8. The Labute approximate surface area is 109 Å². The van der Waals surface area contributed by atoms with E-state index in [9.17, 15) is 19.2 Å². The van der Waals surface area contributed by atoms with Gasteiger partial charge in [-0.1, -0.05) is 0 Å². The molecule has 0 aromatic carbocycles. The quantitative estimate of drug-likeness (QED) is 0.680. The van der Waals surface area contributed by atoms with Gasteiger partial charge in [-0.05, 0) is 12.5 Å². The molecule has 0 atom stereocenters. The number of hydrogen-bond donors (Lipinski definition) is 3. The third kappa shape index (κ3) is 2.03. The smallest absolute Gasteiger partial charge is 0.329 e. The molecule has 0 saturated heterocycles. The predicted molar refractivity (Wildman–Crippen MR) is 67.6 cm³/mol. The highest BCUT2D eigenvalue weighted by atomic mass is 32.1. The number of carbonyl (C=O) groups excluding carboxylic acids is 1. The molecule has 2 heterocycles. The minimum Gasteiger partial charge on any atom is -0.480 e. The lowest BCUT2D eigenvalue weighted by molar-refractivity contribution is -0.137. The number of primary amides is 1. The molecule has 0 unspecified atom stereocenters. The molecule has 100 valence electrons. The molecule has 2 aromatic rings. The minimum atomic E-state index is -1.31. The Balaban J connectivity index is 2.87. The highest BCUT2D eigenvalue weighted by Gasteiger charge is 2.19. The number of fused-ring (bicyclic) bond motifs is 1. The van der Waals surface area contributed by atoms with Crippen molar-refractivity contribution in [3.05, 3.63) is 31.3 Å². The molecular formula is C10H9N3O5S. The summed E-state index contributed by atoms with van der Waals surface area (Å²) in [4.78, 5) is 48.3. The second-order valence-corrected chi connectivity index (χ2v) is 4.86. The summed E-state index contributed by atoms with van der Waals surface area (Å²) in [6.07, 6.45) is 0. The van der Waals surface area contributed by atoms with Crippen molar-refractivity contribution in [2.24, 2.45) is 5.73 Å². The van der Waals surface area contributed by atoms with Crippen LogP contribution in [0, 0.1) is 6.92 Å². The van der Waals surface area contributed by atoms with E-state index >= 15 is 0 Å². The minimum absolute atomic E-state index is 0.111. The molecule has 8 nitrogen and oxygen atoms in total. The molecule has 2 rings (SSSR count). The Bertz CT molecular complexity index is 813. The van der Waals surface area contributed by atoms with E-state index in [0.717, 1.165) is 11.3 Å². The lowest BCUT2D eigenvalue weighted by Crippen LogP contribution is -2.37. The molecule has 1 amide bonds. The Kier molecular flexibility index (Phi) is 2.98. The SMILES string of the molecule is Cc1c(C(N)=O)sc2[nH]c(=O)n(CC(=O)O)c(=O)c12. The zero-order valence-corrected chi connectivity index (χ0v) is 10.5. The van der Waals surface area contributed by atoms with Crippen LogP contribution in [0.25, 0.3) is 10.2 Å². The molecule has 0 spiro atoms. The second kappa shape index (κ2) is 4.35. The summed E-state index contributed by atoms with van der Waals surface area (Å²) in [7, 11) is 0. The third-order valence-electron chi connectivity index (χ3n) is 2.59. The van der Waals surface area contributed by atoms with E-state index in [0.29, 0.717) is 10.1 Å². The van der Waals surface area contributed by atoms with Gasteiger partial charge in [-0.2, -0.15) is 0 Å². The van der Waals surface area contributed by atoms with Crippen molar-refractivity contribution in [3.63, 3.8) is 0 Å². The molecule has 0 fully saturated rings. The van der Waals surface area contributed by atoms with Crippen molar-refractivity contribution < 1.29 is 14.7 Å². The van der Waals surface area contributed by atoms with E-state index in [4.69, 9.17) is 10.8 Å². The molecule has 0 aliphatic rings. The van der Waals surface area contributed by atoms with Crippen LogP contribution in [0.1, 0.15) is 15.2 Å². The number of nitrogens with two attached hydrogens (primary N) is 1. The van der Waals surface area contributed by atoms with Gasteiger partial charge in [0.05, 0.1) is 10.3 Å². The van der Waals surface area contributed by atoms with E-state index in [1.54, 1.807) is 0 Å². The van der Waals surface area contributed by atoms with Crippen molar-refractivity contribution in [1.82, 2.24) is 9.55 Å². The van der Waals surface area contributed by atoms with Gasteiger partial charge >= 0.3 is 11.7 Å². The molecular weight excluding hydrogens is 274 g/mol. The van der Waals surface area contributed by atoms with Gasteiger partial charge in [0.1, 0.15) is 11.4 Å². The fourth-order valence-electron chi connectivity index (χ4n) is 1.76. The third-order valence-corrected chi connectivity index (χ3v) is 3.81. The van der Waals surface area contributed by atoms with E-state index in [-0.39, 0.29) is 15.1 Å². The standard InChI is InChI=1S/C10H9N3O5S/c1-3-5-8(19-6(3)7(11)16)12-10(18)13(9(5)17)2-4(14)15/h2H2,1H3,(H2,11,16)(H,12,18)(H,14,15). The fourth-order valence-corrected chi connectivity index (χ4v) is 2.81. The second-order valence-electron chi connectivity index (χ2n) is 3.84. The lowest BCUT2D eigenvalue weighted by Gasteiger charge is -2.00. The summed E-state index contributed by atoms with van der Waals surface area (Å²) >= 11 is 0.897. The summed E-state index contributed by atoms with van der Waals surface area (Å²) in [6, 6.07) is 0. The molecule has 9 heteroatoms. The van der Waals surface area contributed by atoms with Crippen LogP contribution in [0.3, 0.4) is 0 Å². The van der Waals surface area contributed by atoms with Crippen LogP contribution in [-0.4, -0.2) is 26.5 Å². The van der Waals surface area contributed by atoms with Gasteiger partial charge in [-0.25, -0.2) is 9.36 Å². The highest BCUT2D eigenvalue weighted by molar-refractivity contribution is 7.20. The maximum atomic E-state index is 12.1. The number of carbonyl (C=O) groups is 2. The van der Waals surface area contributed by atoms with Gasteiger partial charge in [0.25, 0.3) is 11.5 Å². The first-order valence-corrected chi connectivity index (χ1v) is 5.92. The van der Waals surface area contributed by atoms with Gasteiger partial charge in [0.15, 0.2) is 0 Å². The summed E-state index contributed by atoms with van der Waals surface area (Å²) in [5.41, 5.74) is 3.92. The van der Waals surface area contributed by atoms with Crippen LogP contribution in [0.4, 0.5) is 0 Å². The number of nitrogens with zero attached hydrogens (tertiary/aromatic N) is 1. The summed E-state index contributed by atoms with van der Waals surface area (Å²) in [5.74, 6) is -2.02. The van der Waals surface area contributed by atoms with E-state index in [1.165, 1.54) is 6.92 Å². The number of hydrogen-bond acceptors (Lipinski definition) is 5. The molecule has 0 aliphatic carbocycles. The number of aromatic amines is 1. The van der Waals surface area contributed by atoms with Gasteiger partial charge in [0.2, 0.25) is 0 Å². The number of rotatable bonds is 3. The Morgan fingerprint density at radius 2 is 2.05 bits per heavy atom. The monoisotopic (exact) mass is 283 g/mol. The number of aromatic nitrogens is 2. The lowest BCUT2D eigenvalue weighted by atomic mass is 10.2. The first-order chi connectivity index (χ1) is 8.82. The molecule has 0 radical (unpaired) electrons. The van der Waals surface area contributed by atoms with E-state index < -0.39 is 29.7 Å². The average Bonchev–Trinajstić information content (AvgIpc) is 2.61. The van der Waals surface area contributed by atoms with Gasteiger partial charge < -0.3 is 10.8 Å². The zero-order chi connectivity index (χ0) is 14.3. The highest BCUT2D eigenvalue weighted by Crippen LogP contribution is 2.25. The maximum Gasteiger partial charge on any atom is 0.329 e. The first kappa shape index (κ1) is 13.0. The molecule has 0 saturated carbocycles. The Morgan fingerprint density at radius 3 is 2.58 bits per heavy atom. The van der Waals surface area contributed by atoms with Gasteiger partial charge in [0, 0.05) is 0 Å². The van der Waals surface area contributed by atoms with Crippen LogP contribution >= 0.6 is 11.3 Å². The summed E-state index contributed by atoms with van der Waals surface area (Å²) < 4.78 is 0.565. The van der Waals surface area contributed by atoms with Crippen molar-refractivity contribution >= 4 is 33.4 Å². The number of carboxylic acid groups (broad SMARTS) is 1. The maximum absolute atomic E-state index is 12.1. The van der Waals surface area contributed by atoms with Crippen molar-refractivity contribution in [2.45, 2.75) is 13.5 Å². The topological polar surface area (TPSA) is 135 Å². The number of aryl methyl sites for hydroxylation is 1. The molecule has 19 heavy (non-hydrogen) atoms. The number of nitrogens with one attached hydrogen (secondary N) is 1. The molecule has 0 bridgehead atoms. The summed E-state index contributed by atoms with van der Waals surface area (Å²) in [6.45, 7) is 0.773. The largest absolute Gasteiger partial charge is 0.480 e. The van der Waals surface area contributed by atoms with Crippen LogP contribution in [0.15, 0.2) is 9.59 Å². The van der Waals surface area contributed by atoms with Gasteiger partial charge in [-0.3, -0.25) is 19.4 Å². The fraction of sp³-hybridized carbons (Fsp3) is 0.200. The zero-order valence-electron chi connectivity index (χ0n) is 9.72. The van der Waals surface area contributed by atoms with Crippen LogP contribution < -0.4 is 17.0 Å². The van der Waals surface area contributed by atoms with Crippen molar-refractivity contribution in [1.29, 1.82) is 0 Å². The number of H-pyrrole nitrogens is 1. The van der Waals surface area contributed by atoms with Gasteiger partial charge in [-0.15, -0.1) is 11.3 Å². The molecule has 4 N–H and O–H groups in total. The van der Waals surface area contributed by atoms with E-state index in [1.807, 2.05) is 0 Å². The molecule has 2 aromatic heterocycles. The van der Waals surface area contributed by atoms with E-state index in [2.05, 4.69) is 4.98 Å². The summed E-state index contributed by atoms with van der Waals surface area (Å²) in [5, 5.41) is 8.78. The van der Waals surface area contributed by atoms with Crippen molar-refractivity contribution in [3.8, 4) is 0 Å².